The molecule has 2 nitrogen and oxygen atoms in total. The predicted molar refractivity (Wildman–Crippen MR) is 73.0 cm³/mol. The number of hydrogen-bond acceptors (Lipinski definition) is 3. The number of halogens is 2. The van der Waals surface area contributed by atoms with Crippen molar-refractivity contribution in [1.82, 2.24) is 5.32 Å². The van der Waals surface area contributed by atoms with E-state index in [0.29, 0.717) is 10.9 Å². The van der Waals surface area contributed by atoms with Crippen molar-refractivity contribution in [2.24, 2.45) is 0 Å². The molecule has 0 aromatic carbocycles. The third-order valence-corrected chi connectivity index (χ3v) is 4.05. The molecule has 1 unspecified atom stereocenters. The highest BCUT2D eigenvalue weighted by atomic mass is 35.5. The van der Waals surface area contributed by atoms with Crippen LogP contribution in [0.1, 0.15) is 30.0 Å². The van der Waals surface area contributed by atoms with Crippen LogP contribution in [0.15, 0.2) is 22.6 Å². The summed E-state index contributed by atoms with van der Waals surface area (Å²) in [6.45, 7) is 4.67. The Bertz CT molecular complexity index is 506. The number of furan rings is 1. The predicted octanol–water partition coefficient (Wildman–Crippen LogP) is 4.81. The monoisotopic (exact) mass is 289 g/mol. The maximum atomic E-state index is 6.10. The molecule has 0 aliphatic rings. The second-order valence-electron chi connectivity index (χ2n) is 3.89. The molecule has 0 spiro atoms. The molecule has 2 heterocycles. The molecule has 17 heavy (non-hydrogen) atoms. The molecule has 2 rings (SSSR count). The van der Waals surface area contributed by atoms with E-state index in [2.05, 4.69) is 12.2 Å². The molecular formula is C12H13Cl2NOS. The summed E-state index contributed by atoms with van der Waals surface area (Å²) in [5.74, 6) is 1.85. The molecule has 0 fully saturated rings. The van der Waals surface area contributed by atoms with E-state index in [9.17, 15) is 0 Å². The molecule has 0 saturated heterocycles. The molecular weight excluding hydrogens is 277 g/mol. The number of hydrogen-bond donors (Lipinski definition) is 1. The molecule has 92 valence electrons. The first-order valence-corrected chi connectivity index (χ1v) is 6.87. The SMILES string of the molecule is Cc1ccc(CNC(C)c2cc(Cl)sc2Cl)o1. The Morgan fingerprint density at radius 1 is 1.41 bits per heavy atom. The van der Waals surface area contributed by atoms with Crippen LogP contribution in [0, 0.1) is 6.92 Å². The Labute approximate surface area is 115 Å². The quantitative estimate of drug-likeness (QED) is 0.874. The highest BCUT2D eigenvalue weighted by molar-refractivity contribution is 7.20. The standard InChI is InChI=1S/C12H13Cl2NOS/c1-7-3-4-9(16-7)6-15-8(2)10-5-11(13)17-12(10)14/h3-5,8,15H,6H2,1-2H3. The Morgan fingerprint density at radius 3 is 2.71 bits per heavy atom. The lowest BCUT2D eigenvalue weighted by Crippen LogP contribution is -2.17. The minimum absolute atomic E-state index is 0.150. The summed E-state index contributed by atoms with van der Waals surface area (Å²) in [4.78, 5) is 0. The fourth-order valence-electron chi connectivity index (χ4n) is 1.59. The minimum atomic E-state index is 0.150. The van der Waals surface area contributed by atoms with E-state index < -0.39 is 0 Å². The zero-order chi connectivity index (χ0) is 12.4. The number of aryl methyl sites for hydroxylation is 1. The summed E-state index contributed by atoms with van der Waals surface area (Å²) in [7, 11) is 0. The van der Waals surface area contributed by atoms with Gasteiger partial charge < -0.3 is 9.73 Å². The van der Waals surface area contributed by atoms with Crippen molar-refractivity contribution in [3.05, 3.63) is 44.0 Å². The van der Waals surface area contributed by atoms with Gasteiger partial charge in [-0.15, -0.1) is 11.3 Å². The fraction of sp³-hybridized carbons (Fsp3) is 0.333. The molecule has 0 aliphatic heterocycles. The number of thiophene rings is 1. The van der Waals surface area contributed by atoms with Gasteiger partial charge in [-0.1, -0.05) is 23.2 Å². The Hall–Kier alpha value is -0.480. The van der Waals surface area contributed by atoms with Gasteiger partial charge in [0.05, 0.1) is 15.2 Å². The van der Waals surface area contributed by atoms with Crippen molar-refractivity contribution < 1.29 is 4.42 Å². The number of rotatable bonds is 4. The minimum Gasteiger partial charge on any atom is -0.465 e. The van der Waals surface area contributed by atoms with Gasteiger partial charge in [-0.2, -0.15) is 0 Å². The first-order chi connectivity index (χ1) is 8.06. The van der Waals surface area contributed by atoms with Gasteiger partial charge in [0.2, 0.25) is 0 Å². The van der Waals surface area contributed by atoms with Crippen molar-refractivity contribution in [3.63, 3.8) is 0 Å². The van der Waals surface area contributed by atoms with Crippen LogP contribution in [-0.2, 0) is 6.54 Å². The van der Waals surface area contributed by atoms with E-state index in [0.717, 1.165) is 21.4 Å². The van der Waals surface area contributed by atoms with Crippen molar-refractivity contribution >= 4 is 34.5 Å². The van der Waals surface area contributed by atoms with Gasteiger partial charge in [0.15, 0.2) is 0 Å². The van der Waals surface area contributed by atoms with E-state index in [1.54, 1.807) is 0 Å². The number of nitrogens with one attached hydrogen (secondary N) is 1. The Balaban J connectivity index is 1.97. The lowest BCUT2D eigenvalue weighted by Gasteiger charge is -2.11. The van der Waals surface area contributed by atoms with Crippen LogP contribution < -0.4 is 5.32 Å². The second kappa shape index (κ2) is 5.44. The average molecular weight is 290 g/mol. The molecule has 0 aliphatic carbocycles. The summed E-state index contributed by atoms with van der Waals surface area (Å²) in [5, 5.41) is 3.35. The molecule has 1 atom stereocenters. The molecule has 0 radical (unpaired) electrons. The summed E-state index contributed by atoms with van der Waals surface area (Å²) in [5.41, 5.74) is 1.03. The summed E-state index contributed by atoms with van der Waals surface area (Å²) in [6.07, 6.45) is 0. The largest absolute Gasteiger partial charge is 0.465 e. The first-order valence-electron chi connectivity index (χ1n) is 5.29. The van der Waals surface area contributed by atoms with Gasteiger partial charge in [-0.25, -0.2) is 0 Å². The van der Waals surface area contributed by atoms with Gasteiger partial charge in [0.1, 0.15) is 11.5 Å². The van der Waals surface area contributed by atoms with Gasteiger partial charge in [0.25, 0.3) is 0 Å². The van der Waals surface area contributed by atoms with Gasteiger partial charge in [0, 0.05) is 6.04 Å². The van der Waals surface area contributed by atoms with Crippen LogP contribution in [0.25, 0.3) is 0 Å². The molecule has 0 bridgehead atoms. The van der Waals surface area contributed by atoms with Gasteiger partial charge in [-0.05, 0) is 37.6 Å². The summed E-state index contributed by atoms with van der Waals surface area (Å²) < 4.78 is 6.94. The smallest absolute Gasteiger partial charge is 0.117 e. The van der Waals surface area contributed by atoms with Crippen LogP contribution in [0.5, 0.6) is 0 Å². The lowest BCUT2D eigenvalue weighted by atomic mass is 10.2. The van der Waals surface area contributed by atoms with Crippen LogP contribution >= 0.6 is 34.5 Å². The maximum absolute atomic E-state index is 6.10. The highest BCUT2D eigenvalue weighted by Crippen LogP contribution is 2.34. The van der Waals surface area contributed by atoms with E-state index >= 15 is 0 Å². The maximum Gasteiger partial charge on any atom is 0.117 e. The molecule has 5 heteroatoms. The van der Waals surface area contributed by atoms with Crippen molar-refractivity contribution in [3.8, 4) is 0 Å². The average Bonchev–Trinajstić information content (AvgIpc) is 2.81. The van der Waals surface area contributed by atoms with E-state index in [1.165, 1.54) is 11.3 Å². The van der Waals surface area contributed by atoms with E-state index in [1.807, 2.05) is 25.1 Å². The Morgan fingerprint density at radius 2 is 2.18 bits per heavy atom. The van der Waals surface area contributed by atoms with Crippen molar-refractivity contribution in [1.29, 1.82) is 0 Å². The fourth-order valence-corrected chi connectivity index (χ4v) is 3.24. The molecule has 1 N–H and O–H groups in total. The molecule has 2 aromatic rings. The second-order valence-corrected chi connectivity index (χ2v) is 6.18. The third kappa shape index (κ3) is 3.26. The van der Waals surface area contributed by atoms with Crippen LogP contribution in [0.3, 0.4) is 0 Å². The normalized spacial score (nSPS) is 12.9. The van der Waals surface area contributed by atoms with Crippen molar-refractivity contribution in [2.45, 2.75) is 26.4 Å². The zero-order valence-electron chi connectivity index (χ0n) is 9.59. The summed E-state index contributed by atoms with van der Waals surface area (Å²) >= 11 is 13.4. The van der Waals surface area contributed by atoms with Gasteiger partial charge in [-0.3, -0.25) is 0 Å². The van der Waals surface area contributed by atoms with E-state index in [4.69, 9.17) is 27.6 Å². The third-order valence-electron chi connectivity index (χ3n) is 2.53. The lowest BCUT2D eigenvalue weighted by molar-refractivity contribution is 0.444. The zero-order valence-corrected chi connectivity index (χ0v) is 11.9. The van der Waals surface area contributed by atoms with Crippen LogP contribution in [-0.4, -0.2) is 0 Å². The van der Waals surface area contributed by atoms with Crippen LogP contribution in [0.2, 0.25) is 8.67 Å². The highest BCUT2D eigenvalue weighted by Gasteiger charge is 2.13. The van der Waals surface area contributed by atoms with Crippen molar-refractivity contribution in [2.75, 3.05) is 0 Å². The van der Waals surface area contributed by atoms with Crippen LogP contribution in [0.4, 0.5) is 0 Å². The van der Waals surface area contributed by atoms with Gasteiger partial charge >= 0.3 is 0 Å². The first kappa shape index (κ1) is 13.0. The summed E-state index contributed by atoms with van der Waals surface area (Å²) in [6, 6.07) is 5.98. The van der Waals surface area contributed by atoms with E-state index in [-0.39, 0.29) is 6.04 Å². The topological polar surface area (TPSA) is 25.2 Å². The molecule has 0 amide bonds. The molecule has 2 aromatic heterocycles. The Kier molecular flexibility index (Phi) is 4.15. The molecule has 0 saturated carbocycles.